The van der Waals surface area contributed by atoms with E-state index in [1.807, 2.05) is 6.92 Å². The first-order valence-electron chi connectivity index (χ1n) is 8.95. The van der Waals surface area contributed by atoms with E-state index in [9.17, 15) is 14.9 Å². The number of nitro groups is 1. The second kappa shape index (κ2) is 9.64. The number of methoxy groups -OCH3 is 1. The summed E-state index contributed by atoms with van der Waals surface area (Å²) in [6.45, 7) is 2.53. The molecule has 1 fully saturated rings. The molecule has 0 unspecified atom stereocenters. The molecule has 1 heterocycles. The fourth-order valence-corrected chi connectivity index (χ4v) is 3.57. The number of nitrogens with zero attached hydrogens (tertiary/aromatic N) is 2. The number of carbonyl (C=O) groups is 1. The molecule has 0 saturated carbocycles. The molecule has 0 spiro atoms. The molecule has 1 aliphatic heterocycles. The molecule has 156 valence electrons. The smallest absolute Gasteiger partial charge is 0.269 e. The predicted octanol–water partition coefficient (Wildman–Crippen LogP) is 4.94. The summed E-state index contributed by atoms with van der Waals surface area (Å²) in [5.74, 6) is 0.736. The number of aliphatic imine (C=N–C) groups is 1. The van der Waals surface area contributed by atoms with Crippen LogP contribution in [0.3, 0.4) is 0 Å². The van der Waals surface area contributed by atoms with Gasteiger partial charge in [-0.15, -0.1) is 0 Å². The first-order valence-corrected chi connectivity index (χ1v) is 10.1. The molecule has 1 aliphatic rings. The van der Waals surface area contributed by atoms with Crippen LogP contribution in [-0.4, -0.2) is 29.7 Å². The van der Waals surface area contributed by atoms with Crippen molar-refractivity contribution in [2.75, 3.05) is 13.7 Å². The van der Waals surface area contributed by atoms with Crippen molar-refractivity contribution in [1.29, 1.82) is 0 Å². The summed E-state index contributed by atoms with van der Waals surface area (Å²) in [4.78, 5) is 27.3. The van der Waals surface area contributed by atoms with E-state index in [4.69, 9.17) is 21.1 Å². The van der Waals surface area contributed by atoms with Gasteiger partial charge in [0.15, 0.2) is 16.7 Å². The van der Waals surface area contributed by atoms with Gasteiger partial charge >= 0.3 is 0 Å². The number of amidine groups is 1. The van der Waals surface area contributed by atoms with Crippen molar-refractivity contribution in [2.45, 2.75) is 13.3 Å². The van der Waals surface area contributed by atoms with Gasteiger partial charge in [0.1, 0.15) is 0 Å². The standard InChI is InChI=1S/C20H18ClN3O5S/c1-3-8-29-17-11-15(21)12(9-16(17)28-2)10-18-19(25)23-20(30-18)22-13-4-6-14(7-5-13)24(26)27/h4-7,9-11H,3,8H2,1-2H3,(H,22,23,25)/b18-10+. The number of carbonyl (C=O) groups excluding carboxylic acids is 1. The number of hydrogen-bond acceptors (Lipinski definition) is 7. The second-order valence-corrected chi connectivity index (χ2v) is 7.57. The average molecular weight is 448 g/mol. The number of benzene rings is 2. The zero-order valence-electron chi connectivity index (χ0n) is 16.2. The number of non-ortho nitro benzene ring substituents is 1. The van der Waals surface area contributed by atoms with Crippen LogP contribution in [0.4, 0.5) is 11.4 Å². The molecule has 1 amide bonds. The van der Waals surface area contributed by atoms with Gasteiger partial charge in [-0.1, -0.05) is 18.5 Å². The highest BCUT2D eigenvalue weighted by Gasteiger charge is 2.24. The maximum absolute atomic E-state index is 12.3. The number of nitrogens with one attached hydrogen (secondary N) is 1. The highest BCUT2D eigenvalue weighted by atomic mass is 35.5. The number of thioether (sulfide) groups is 1. The zero-order valence-corrected chi connectivity index (χ0v) is 17.7. The maximum atomic E-state index is 12.3. The molecule has 0 bridgehead atoms. The van der Waals surface area contributed by atoms with Gasteiger partial charge < -0.3 is 14.8 Å². The van der Waals surface area contributed by atoms with E-state index < -0.39 is 4.92 Å². The number of amides is 1. The van der Waals surface area contributed by atoms with Gasteiger partial charge in [0.05, 0.1) is 34.3 Å². The maximum Gasteiger partial charge on any atom is 0.269 e. The van der Waals surface area contributed by atoms with Crippen LogP contribution in [0.25, 0.3) is 6.08 Å². The Balaban J connectivity index is 1.83. The van der Waals surface area contributed by atoms with E-state index in [0.717, 1.165) is 18.2 Å². The molecular formula is C20H18ClN3O5S. The fourth-order valence-electron chi connectivity index (χ4n) is 2.53. The summed E-state index contributed by atoms with van der Waals surface area (Å²) < 4.78 is 11.0. The predicted molar refractivity (Wildman–Crippen MR) is 118 cm³/mol. The highest BCUT2D eigenvalue weighted by Crippen LogP contribution is 2.36. The van der Waals surface area contributed by atoms with E-state index in [1.165, 1.54) is 31.4 Å². The summed E-state index contributed by atoms with van der Waals surface area (Å²) in [5.41, 5.74) is 1.06. The largest absolute Gasteiger partial charge is 0.493 e. The lowest BCUT2D eigenvalue weighted by molar-refractivity contribution is -0.384. The van der Waals surface area contributed by atoms with E-state index in [-0.39, 0.29) is 11.6 Å². The van der Waals surface area contributed by atoms with Crippen LogP contribution >= 0.6 is 23.4 Å². The van der Waals surface area contributed by atoms with Crippen molar-refractivity contribution in [3.63, 3.8) is 0 Å². The molecule has 0 aliphatic carbocycles. The Labute approximate surface area is 182 Å². The number of hydrogen-bond donors (Lipinski definition) is 1. The van der Waals surface area contributed by atoms with Gasteiger partial charge in [-0.2, -0.15) is 0 Å². The first kappa shape index (κ1) is 21.7. The number of halogens is 1. The van der Waals surface area contributed by atoms with Crippen LogP contribution in [0.15, 0.2) is 46.3 Å². The van der Waals surface area contributed by atoms with Crippen LogP contribution in [0.1, 0.15) is 18.9 Å². The summed E-state index contributed by atoms with van der Waals surface area (Å²) in [6.07, 6.45) is 2.49. The quantitative estimate of drug-likeness (QED) is 0.366. The molecule has 3 rings (SSSR count). The SMILES string of the molecule is CCCOc1cc(Cl)c(/C=C2/SC(=Nc3ccc([N+](=O)[O-])cc3)NC2=O)cc1OC. The van der Waals surface area contributed by atoms with E-state index in [1.54, 1.807) is 18.2 Å². The van der Waals surface area contributed by atoms with E-state index in [2.05, 4.69) is 10.3 Å². The minimum Gasteiger partial charge on any atom is -0.493 e. The van der Waals surface area contributed by atoms with Gasteiger partial charge in [0, 0.05) is 18.2 Å². The van der Waals surface area contributed by atoms with Crippen molar-refractivity contribution in [3.05, 3.63) is 62.0 Å². The van der Waals surface area contributed by atoms with Crippen molar-refractivity contribution in [2.24, 2.45) is 4.99 Å². The summed E-state index contributed by atoms with van der Waals surface area (Å²) in [7, 11) is 1.53. The van der Waals surface area contributed by atoms with Crippen LogP contribution in [0, 0.1) is 10.1 Å². The topological polar surface area (TPSA) is 103 Å². The summed E-state index contributed by atoms with van der Waals surface area (Å²) >= 11 is 7.51. The van der Waals surface area contributed by atoms with Crippen molar-refractivity contribution in [3.8, 4) is 11.5 Å². The lowest BCUT2D eigenvalue weighted by atomic mass is 10.1. The van der Waals surface area contributed by atoms with Gasteiger partial charge in [0.2, 0.25) is 0 Å². The Morgan fingerprint density at radius 1 is 1.27 bits per heavy atom. The van der Waals surface area contributed by atoms with Crippen LogP contribution in [0.2, 0.25) is 5.02 Å². The Hall–Kier alpha value is -3.04. The molecule has 0 atom stereocenters. The zero-order chi connectivity index (χ0) is 21.7. The molecule has 30 heavy (non-hydrogen) atoms. The van der Waals surface area contributed by atoms with Gasteiger partial charge in [-0.25, -0.2) is 4.99 Å². The lowest BCUT2D eigenvalue weighted by Crippen LogP contribution is -2.19. The van der Waals surface area contributed by atoms with E-state index in [0.29, 0.717) is 44.5 Å². The molecule has 2 aromatic rings. The minimum atomic E-state index is -0.486. The molecule has 1 N–H and O–H groups in total. The van der Waals surface area contributed by atoms with Gasteiger partial charge in [0.25, 0.3) is 11.6 Å². The Morgan fingerprint density at radius 3 is 2.63 bits per heavy atom. The average Bonchev–Trinajstić information content (AvgIpc) is 3.07. The highest BCUT2D eigenvalue weighted by molar-refractivity contribution is 8.18. The number of ether oxygens (including phenoxy) is 2. The normalized spacial score (nSPS) is 16.0. The third-order valence-corrected chi connectivity index (χ3v) is 5.21. The Bertz CT molecular complexity index is 1040. The van der Waals surface area contributed by atoms with Crippen LogP contribution in [-0.2, 0) is 4.79 Å². The fraction of sp³-hybridized carbons (Fsp3) is 0.200. The van der Waals surface area contributed by atoms with Gasteiger partial charge in [-0.05, 0) is 48.0 Å². The molecule has 1 saturated heterocycles. The second-order valence-electron chi connectivity index (χ2n) is 6.13. The van der Waals surface area contributed by atoms with Crippen molar-refractivity contribution in [1.82, 2.24) is 5.32 Å². The Morgan fingerprint density at radius 2 is 2.00 bits per heavy atom. The molecule has 8 nitrogen and oxygen atoms in total. The lowest BCUT2D eigenvalue weighted by Gasteiger charge is -2.12. The first-order chi connectivity index (χ1) is 14.4. The minimum absolute atomic E-state index is 0.0300. The van der Waals surface area contributed by atoms with Crippen molar-refractivity contribution >= 4 is 51.9 Å². The molecule has 0 aromatic heterocycles. The molecule has 10 heteroatoms. The summed E-state index contributed by atoms with van der Waals surface area (Å²) in [5, 5.41) is 14.2. The van der Waals surface area contributed by atoms with Gasteiger partial charge in [-0.3, -0.25) is 14.9 Å². The van der Waals surface area contributed by atoms with Crippen LogP contribution < -0.4 is 14.8 Å². The third kappa shape index (κ3) is 5.11. The Kier molecular flexibility index (Phi) is 6.96. The number of rotatable bonds is 7. The molecule has 2 aromatic carbocycles. The monoisotopic (exact) mass is 447 g/mol. The van der Waals surface area contributed by atoms with Crippen LogP contribution in [0.5, 0.6) is 11.5 Å². The third-order valence-electron chi connectivity index (χ3n) is 3.97. The number of nitro benzene ring substituents is 1. The molecular weight excluding hydrogens is 430 g/mol. The van der Waals surface area contributed by atoms with E-state index >= 15 is 0 Å². The summed E-state index contributed by atoms with van der Waals surface area (Å²) in [6, 6.07) is 9.09. The molecule has 0 radical (unpaired) electrons. The van der Waals surface area contributed by atoms with Crippen molar-refractivity contribution < 1.29 is 19.2 Å².